The molecule has 1 aromatic rings. The molecule has 0 radical (unpaired) electrons. The topological polar surface area (TPSA) is 56.0 Å². The zero-order chi connectivity index (χ0) is 10.6. The molecule has 1 amide bonds. The van der Waals surface area contributed by atoms with Gasteiger partial charge in [0.25, 0.3) is 0 Å². The van der Waals surface area contributed by atoms with Crippen molar-refractivity contribution in [3.63, 3.8) is 0 Å². The number of hydrogen-bond acceptors (Lipinski definition) is 2. The molecule has 1 rings (SSSR count). The number of nitrogens with two attached hydrogens (primary N) is 1. The lowest BCUT2D eigenvalue weighted by molar-refractivity contribution is -0.117. The monoisotopic (exact) mass is 212 g/mol. The van der Waals surface area contributed by atoms with Crippen LogP contribution in [-0.2, 0) is 4.79 Å². The van der Waals surface area contributed by atoms with Gasteiger partial charge in [0.15, 0.2) is 11.0 Å². The molecule has 0 spiro atoms. The van der Waals surface area contributed by atoms with E-state index in [0.29, 0.717) is 0 Å². The lowest BCUT2D eigenvalue weighted by Crippen LogP contribution is -2.08. The molecule has 5 heteroatoms. The summed E-state index contributed by atoms with van der Waals surface area (Å²) in [7, 11) is 0. The summed E-state index contributed by atoms with van der Waals surface area (Å²) in [4.78, 5) is 13.8. The highest BCUT2D eigenvalue weighted by Gasteiger charge is 2.03. The van der Waals surface area contributed by atoms with Crippen molar-refractivity contribution in [2.45, 2.75) is 6.42 Å². The van der Waals surface area contributed by atoms with Crippen LogP contribution in [0.3, 0.4) is 0 Å². The predicted octanol–water partition coefficient (Wildman–Crippen LogP) is 1.10. The number of nitrogens with zero attached hydrogens (tertiary/aromatic N) is 1. The summed E-state index contributed by atoms with van der Waals surface area (Å²) < 4.78 is 13.1. The largest absolute Gasteiger partial charge is 0.369 e. The van der Waals surface area contributed by atoms with Gasteiger partial charge in [-0.05, 0) is 6.07 Å². The molecule has 0 aliphatic heterocycles. The predicted molar refractivity (Wildman–Crippen MR) is 49.9 cm³/mol. The molecule has 0 fully saturated rings. The van der Waals surface area contributed by atoms with Gasteiger partial charge in [-0.1, -0.05) is 23.4 Å². The number of carbonyl (C=O) groups is 1. The van der Waals surface area contributed by atoms with Crippen molar-refractivity contribution in [1.29, 1.82) is 0 Å². The Hall–Kier alpha value is -1.60. The lowest BCUT2D eigenvalue weighted by Gasteiger charge is -1.94. The number of amides is 1. The molecule has 72 valence electrons. The van der Waals surface area contributed by atoms with E-state index in [1.165, 1.54) is 12.3 Å². The second-order valence-corrected chi connectivity index (χ2v) is 2.77. The van der Waals surface area contributed by atoms with Crippen molar-refractivity contribution in [2.75, 3.05) is 0 Å². The molecule has 0 atom stereocenters. The Kier molecular flexibility index (Phi) is 3.43. The summed E-state index contributed by atoms with van der Waals surface area (Å²) >= 11 is 5.41. The van der Waals surface area contributed by atoms with Gasteiger partial charge in [0.05, 0.1) is 12.0 Å². The van der Waals surface area contributed by atoms with E-state index in [9.17, 15) is 9.18 Å². The minimum Gasteiger partial charge on any atom is -0.369 e. The molecular weight excluding hydrogens is 207 g/mol. The fourth-order valence-electron chi connectivity index (χ4n) is 0.741. The SMILES string of the molecule is NC(=O)CC#Cc1ccnc(Cl)c1F. The highest BCUT2D eigenvalue weighted by molar-refractivity contribution is 6.29. The molecule has 2 N–H and O–H groups in total. The maximum atomic E-state index is 13.1. The van der Waals surface area contributed by atoms with E-state index in [2.05, 4.69) is 16.8 Å². The number of carbonyl (C=O) groups excluding carboxylic acids is 1. The van der Waals surface area contributed by atoms with E-state index < -0.39 is 11.7 Å². The van der Waals surface area contributed by atoms with Gasteiger partial charge in [-0.3, -0.25) is 4.79 Å². The quantitative estimate of drug-likeness (QED) is 0.560. The van der Waals surface area contributed by atoms with Crippen LogP contribution in [0.1, 0.15) is 12.0 Å². The maximum absolute atomic E-state index is 13.1. The van der Waals surface area contributed by atoms with Crippen LogP contribution in [0.15, 0.2) is 12.3 Å². The first-order valence-corrected chi connectivity index (χ1v) is 4.06. The Morgan fingerprint density at radius 1 is 1.71 bits per heavy atom. The Labute approximate surface area is 85.1 Å². The first kappa shape index (κ1) is 10.5. The van der Waals surface area contributed by atoms with E-state index in [4.69, 9.17) is 17.3 Å². The number of halogens is 2. The third-order valence-electron chi connectivity index (χ3n) is 1.33. The molecule has 0 aliphatic rings. The normalized spacial score (nSPS) is 9.00. The highest BCUT2D eigenvalue weighted by atomic mass is 35.5. The van der Waals surface area contributed by atoms with Gasteiger partial charge in [-0.15, -0.1) is 0 Å². The van der Waals surface area contributed by atoms with E-state index in [1.807, 2.05) is 0 Å². The molecule has 0 aliphatic carbocycles. The van der Waals surface area contributed by atoms with E-state index in [1.54, 1.807) is 0 Å². The smallest absolute Gasteiger partial charge is 0.229 e. The van der Waals surface area contributed by atoms with Crippen LogP contribution in [0.4, 0.5) is 4.39 Å². The fraction of sp³-hybridized carbons (Fsp3) is 0.111. The van der Waals surface area contributed by atoms with Gasteiger partial charge in [-0.2, -0.15) is 0 Å². The van der Waals surface area contributed by atoms with Gasteiger partial charge in [0.1, 0.15) is 0 Å². The van der Waals surface area contributed by atoms with E-state index in [0.717, 1.165) is 0 Å². The van der Waals surface area contributed by atoms with Crippen molar-refractivity contribution in [3.8, 4) is 11.8 Å². The van der Waals surface area contributed by atoms with Crippen LogP contribution in [-0.4, -0.2) is 10.9 Å². The van der Waals surface area contributed by atoms with Crippen LogP contribution >= 0.6 is 11.6 Å². The Morgan fingerprint density at radius 3 is 3.07 bits per heavy atom. The molecule has 0 unspecified atom stereocenters. The average Bonchev–Trinajstić information content (AvgIpc) is 2.12. The van der Waals surface area contributed by atoms with Gasteiger partial charge in [0.2, 0.25) is 5.91 Å². The molecule has 1 heterocycles. The van der Waals surface area contributed by atoms with Crippen molar-refractivity contribution in [2.24, 2.45) is 5.73 Å². The van der Waals surface area contributed by atoms with Crippen LogP contribution in [0.5, 0.6) is 0 Å². The van der Waals surface area contributed by atoms with E-state index >= 15 is 0 Å². The molecule has 0 saturated carbocycles. The van der Waals surface area contributed by atoms with Crippen molar-refractivity contribution >= 4 is 17.5 Å². The Morgan fingerprint density at radius 2 is 2.43 bits per heavy atom. The molecule has 3 nitrogen and oxygen atoms in total. The second kappa shape index (κ2) is 4.58. The van der Waals surface area contributed by atoms with Crippen LogP contribution in [0.25, 0.3) is 0 Å². The first-order valence-electron chi connectivity index (χ1n) is 3.68. The van der Waals surface area contributed by atoms with Crippen LogP contribution < -0.4 is 5.73 Å². The molecule has 0 saturated heterocycles. The van der Waals surface area contributed by atoms with Gasteiger partial charge in [0, 0.05) is 6.20 Å². The Bertz CT molecular complexity index is 423. The number of pyridine rings is 1. The second-order valence-electron chi connectivity index (χ2n) is 2.41. The molecule has 14 heavy (non-hydrogen) atoms. The standard InChI is InChI=1S/C9H6ClFN2O/c10-9-8(11)6(4-5-13-9)2-1-3-7(12)14/h4-5H,3H2,(H2,12,14). The molecular formula is C9H6ClFN2O. The van der Waals surface area contributed by atoms with Crippen molar-refractivity contribution < 1.29 is 9.18 Å². The average molecular weight is 213 g/mol. The summed E-state index contributed by atoms with van der Waals surface area (Å²) in [6, 6.07) is 1.37. The van der Waals surface area contributed by atoms with Gasteiger partial charge >= 0.3 is 0 Å². The highest BCUT2D eigenvalue weighted by Crippen LogP contribution is 2.13. The lowest BCUT2D eigenvalue weighted by atomic mass is 10.2. The van der Waals surface area contributed by atoms with E-state index in [-0.39, 0.29) is 17.1 Å². The van der Waals surface area contributed by atoms with Crippen molar-refractivity contribution in [3.05, 3.63) is 28.8 Å². The Balaban J connectivity index is 2.90. The molecule has 1 aromatic heterocycles. The number of rotatable bonds is 1. The number of hydrogen-bond donors (Lipinski definition) is 1. The minimum absolute atomic E-state index is 0.103. The van der Waals surface area contributed by atoms with Crippen molar-refractivity contribution in [1.82, 2.24) is 4.98 Å². The summed E-state index contributed by atoms with van der Waals surface area (Å²) in [5.74, 6) is 3.61. The summed E-state index contributed by atoms with van der Waals surface area (Å²) in [5.41, 5.74) is 4.95. The fourth-order valence-corrected chi connectivity index (χ4v) is 0.899. The number of primary amides is 1. The zero-order valence-corrected chi connectivity index (χ0v) is 7.81. The van der Waals surface area contributed by atoms with Gasteiger partial charge < -0.3 is 5.73 Å². The third-order valence-corrected chi connectivity index (χ3v) is 1.60. The summed E-state index contributed by atoms with van der Waals surface area (Å²) in [6.07, 6.45) is 1.22. The van der Waals surface area contributed by atoms with Gasteiger partial charge in [-0.25, -0.2) is 9.37 Å². The minimum atomic E-state index is -0.689. The summed E-state index contributed by atoms with van der Waals surface area (Å²) in [5, 5.41) is -0.240. The summed E-state index contributed by atoms with van der Waals surface area (Å²) in [6.45, 7) is 0. The van der Waals surface area contributed by atoms with Crippen LogP contribution in [0, 0.1) is 17.7 Å². The first-order chi connectivity index (χ1) is 6.61. The maximum Gasteiger partial charge on any atom is 0.229 e. The number of aromatic nitrogens is 1. The molecule has 0 bridgehead atoms. The van der Waals surface area contributed by atoms with Crippen LogP contribution in [0.2, 0.25) is 5.15 Å². The zero-order valence-electron chi connectivity index (χ0n) is 7.05. The third kappa shape index (κ3) is 2.71. The molecule has 0 aromatic carbocycles.